The molecule has 150 valence electrons. The molecule has 0 bridgehead atoms. The molecule has 1 unspecified atom stereocenters. The molecule has 0 saturated carbocycles. The smallest absolute Gasteiger partial charge is 0.254 e. The third kappa shape index (κ3) is 5.29. The molecule has 0 aliphatic carbocycles. The molecule has 0 radical (unpaired) electrons. The van der Waals surface area contributed by atoms with Gasteiger partial charge in [-0.2, -0.15) is 0 Å². The number of hydrogen-bond acceptors (Lipinski definition) is 3. The fraction of sp³-hybridized carbons (Fsp3) is 0.409. The Morgan fingerprint density at radius 1 is 1.11 bits per heavy atom. The highest BCUT2D eigenvalue weighted by Crippen LogP contribution is 2.18. The van der Waals surface area contributed by atoms with Crippen LogP contribution in [0.5, 0.6) is 0 Å². The fourth-order valence-corrected chi connectivity index (χ4v) is 3.48. The molecule has 0 aromatic heterocycles. The molecule has 2 aromatic rings. The molecule has 1 fully saturated rings. The maximum atomic E-state index is 13.7. The second kappa shape index (κ2) is 9.15. The minimum absolute atomic E-state index is 0.0910. The first-order chi connectivity index (χ1) is 13.4. The van der Waals surface area contributed by atoms with Gasteiger partial charge in [-0.05, 0) is 50.1 Å². The molecule has 1 amide bonds. The Bertz CT molecular complexity index is 819. The van der Waals surface area contributed by atoms with Crippen LogP contribution in [0.4, 0.5) is 14.5 Å². The van der Waals surface area contributed by atoms with Crippen molar-refractivity contribution in [2.24, 2.45) is 0 Å². The Balaban J connectivity index is 1.43. The summed E-state index contributed by atoms with van der Waals surface area (Å²) in [6.45, 7) is 8.78. The molecule has 28 heavy (non-hydrogen) atoms. The van der Waals surface area contributed by atoms with Crippen molar-refractivity contribution in [2.45, 2.75) is 26.3 Å². The SMILES string of the molecule is Cc1cccc(N2CCN(CCC(C)NC(=O)c3ccc(F)cc3F)CC2)c1. The van der Waals surface area contributed by atoms with Crippen LogP contribution in [-0.4, -0.2) is 49.6 Å². The zero-order valence-corrected chi connectivity index (χ0v) is 16.4. The summed E-state index contributed by atoms with van der Waals surface area (Å²) < 4.78 is 26.7. The lowest BCUT2D eigenvalue weighted by atomic mass is 10.1. The second-order valence-corrected chi connectivity index (χ2v) is 7.46. The van der Waals surface area contributed by atoms with E-state index < -0.39 is 17.5 Å². The van der Waals surface area contributed by atoms with Crippen molar-refractivity contribution >= 4 is 11.6 Å². The van der Waals surface area contributed by atoms with Crippen molar-refractivity contribution in [1.29, 1.82) is 0 Å². The van der Waals surface area contributed by atoms with Crippen LogP contribution in [0, 0.1) is 18.6 Å². The molecule has 3 rings (SSSR count). The number of benzene rings is 2. The molecule has 1 aliphatic heterocycles. The van der Waals surface area contributed by atoms with Crippen LogP contribution < -0.4 is 10.2 Å². The lowest BCUT2D eigenvalue weighted by Gasteiger charge is -2.36. The third-order valence-corrected chi connectivity index (χ3v) is 5.17. The number of hydrogen-bond donors (Lipinski definition) is 1. The number of piperazine rings is 1. The summed E-state index contributed by atoms with van der Waals surface area (Å²) in [6.07, 6.45) is 0.777. The number of carbonyl (C=O) groups is 1. The molecular formula is C22H27F2N3O. The quantitative estimate of drug-likeness (QED) is 0.823. The van der Waals surface area contributed by atoms with Gasteiger partial charge in [0, 0.05) is 50.5 Å². The van der Waals surface area contributed by atoms with Gasteiger partial charge < -0.3 is 10.2 Å². The van der Waals surface area contributed by atoms with E-state index in [4.69, 9.17) is 0 Å². The number of carbonyl (C=O) groups excluding carboxylic acids is 1. The number of aryl methyl sites for hydroxylation is 1. The fourth-order valence-electron chi connectivity index (χ4n) is 3.48. The van der Waals surface area contributed by atoms with E-state index in [1.54, 1.807) is 0 Å². The Labute approximate surface area is 165 Å². The van der Waals surface area contributed by atoms with Gasteiger partial charge in [-0.25, -0.2) is 8.78 Å². The third-order valence-electron chi connectivity index (χ3n) is 5.17. The highest BCUT2D eigenvalue weighted by molar-refractivity contribution is 5.94. The normalized spacial score (nSPS) is 16.1. The van der Waals surface area contributed by atoms with Crippen LogP contribution in [0.1, 0.15) is 29.3 Å². The van der Waals surface area contributed by atoms with Gasteiger partial charge in [0.15, 0.2) is 0 Å². The van der Waals surface area contributed by atoms with Gasteiger partial charge in [0.25, 0.3) is 5.91 Å². The van der Waals surface area contributed by atoms with Crippen LogP contribution in [0.3, 0.4) is 0 Å². The maximum absolute atomic E-state index is 13.7. The Morgan fingerprint density at radius 2 is 1.86 bits per heavy atom. The summed E-state index contributed by atoms with van der Waals surface area (Å²) in [5.41, 5.74) is 2.41. The molecule has 1 N–H and O–H groups in total. The highest BCUT2D eigenvalue weighted by Gasteiger charge is 2.19. The Hall–Kier alpha value is -2.47. The molecule has 2 aromatic carbocycles. The first kappa shape index (κ1) is 20.3. The van der Waals surface area contributed by atoms with E-state index in [0.29, 0.717) is 0 Å². The van der Waals surface area contributed by atoms with Crippen molar-refractivity contribution in [3.63, 3.8) is 0 Å². The van der Waals surface area contributed by atoms with Gasteiger partial charge in [-0.3, -0.25) is 9.69 Å². The molecule has 6 heteroatoms. The molecule has 4 nitrogen and oxygen atoms in total. The Morgan fingerprint density at radius 3 is 2.54 bits per heavy atom. The van der Waals surface area contributed by atoms with E-state index in [-0.39, 0.29) is 11.6 Å². The monoisotopic (exact) mass is 387 g/mol. The zero-order valence-electron chi connectivity index (χ0n) is 16.4. The number of nitrogens with zero attached hydrogens (tertiary/aromatic N) is 2. The molecule has 1 heterocycles. The van der Waals surface area contributed by atoms with Crippen molar-refractivity contribution in [1.82, 2.24) is 10.2 Å². The van der Waals surface area contributed by atoms with Crippen LogP contribution in [-0.2, 0) is 0 Å². The first-order valence-corrected chi connectivity index (χ1v) is 9.72. The first-order valence-electron chi connectivity index (χ1n) is 9.72. The van der Waals surface area contributed by atoms with Gasteiger partial charge in [0.2, 0.25) is 0 Å². The maximum Gasteiger partial charge on any atom is 0.254 e. The Kier molecular flexibility index (Phi) is 6.62. The number of halogens is 2. The number of rotatable bonds is 6. The van der Waals surface area contributed by atoms with E-state index in [0.717, 1.165) is 51.3 Å². The second-order valence-electron chi connectivity index (χ2n) is 7.46. The van der Waals surface area contributed by atoms with Gasteiger partial charge in [-0.15, -0.1) is 0 Å². The molecule has 1 atom stereocenters. The van der Waals surface area contributed by atoms with Crippen LogP contribution in [0.2, 0.25) is 0 Å². The minimum Gasteiger partial charge on any atom is -0.369 e. The van der Waals surface area contributed by atoms with Gasteiger partial charge in [0.1, 0.15) is 11.6 Å². The summed E-state index contributed by atoms with van der Waals surface area (Å²) in [5, 5.41) is 2.80. The van der Waals surface area contributed by atoms with E-state index in [9.17, 15) is 13.6 Å². The number of anilines is 1. The van der Waals surface area contributed by atoms with E-state index in [1.807, 2.05) is 6.92 Å². The predicted molar refractivity (Wildman–Crippen MR) is 108 cm³/mol. The average Bonchev–Trinajstić information content (AvgIpc) is 2.66. The van der Waals surface area contributed by atoms with E-state index >= 15 is 0 Å². The minimum atomic E-state index is -0.836. The molecule has 1 saturated heterocycles. The largest absolute Gasteiger partial charge is 0.369 e. The van der Waals surface area contributed by atoms with Gasteiger partial charge >= 0.3 is 0 Å². The zero-order chi connectivity index (χ0) is 20.1. The predicted octanol–water partition coefficient (Wildman–Crippen LogP) is 3.60. The van der Waals surface area contributed by atoms with Crippen molar-refractivity contribution in [3.8, 4) is 0 Å². The summed E-state index contributed by atoms with van der Waals surface area (Å²) in [6, 6.07) is 11.5. The topological polar surface area (TPSA) is 35.6 Å². The van der Waals surface area contributed by atoms with Crippen molar-refractivity contribution in [2.75, 3.05) is 37.6 Å². The lowest BCUT2D eigenvalue weighted by molar-refractivity contribution is 0.0931. The number of nitrogens with one attached hydrogen (secondary N) is 1. The standard InChI is InChI=1S/C22H27F2N3O/c1-16-4-3-5-19(14-16)27-12-10-26(11-13-27)9-8-17(2)25-22(28)20-7-6-18(23)15-21(20)24/h3-7,14-15,17H,8-13H2,1-2H3,(H,25,28). The molecular weight excluding hydrogens is 360 g/mol. The average molecular weight is 387 g/mol. The number of amides is 1. The molecule has 0 spiro atoms. The highest BCUT2D eigenvalue weighted by atomic mass is 19.1. The van der Waals surface area contributed by atoms with Crippen molar-refractivity contribution in [3.05, 3.63) is 65.2 Å². The van der Waals surface area contributed by atoms with Gasteiger partial charge in [0.05, 0.1) is 5.56 Å². The van der Waals surface area contributed by atoms with E-state index in [1.165, 1.54) is 17.3 Å². The van der Waals surface area contributed by atoms with Gasteiger partial charge in [-0.1, -0.05) is 12.1 Å². The van der Waals surface area contributed by atoms with Crippen LogP contribution in [0.25, 0.3) is 0 Å². The summed E-state index contributed by atoms with van der Waals surface area (Å²) in [4.78, 5) is 16.9. The summed E-state index contributed by atoms with van der Waals surface area (Å²) >= 11 is 0. The van der Waals surface area contributed by atoms with Crippen LogP contribution >= 0.6 is 0 Å². The van der Waals surface area contributed by atoms with Crippen molar-refractivity contribution < 1.29 is 13.6 Å². The lowest BCUT2D eigenvalue weighted by Crippen LogP contribution is -2.47. The van der Waals surface area contributed by atoms with E-state index in [2.05, 4.69) is 46.3 Å². The molecule has 1 aliphatic rings. The summed E-state index contributed by atoms with van der Waals surface area (Å²) in [5.74, 6) is -2.03. The van der Waals surface area contributed by atoms with Crippen LogP contribution in [0.15, 0.2) is 42.5 Å². The summed E-state index contributed by atoms with van der Waals surface area (Å²) in [7, 11) is 0.